The molecule has 2 atom stereocenters. The monoisotopic (exact) mass is 215 g/mol. The Balaban J connectivity index is 1.80. The molecule has 1 aromatic carbocycles. The Hall–Kier alpha value is -1.46. The minimum Gasteiger partial charge on any atom is -0.481 e. The molecule has 0 aliphatic heterocycles. The van der Waals surface area contributed by atoms with Crippen LogP contribution in [0.1, 0.15) is 18.9 Å². The molecule has 2 rings (SSSR count). The molecular weight excluding hydrogens is 198 g/mol. The zero-order chi connectivity index (χ0) is 11.4. The van der Waals surface area contributed by atoms with Gasteiger partial charge in [-0.1, -0.05) is 25.0 Å². The van der Waals surface area contributed by atoms with Crippen molar-refractivity contribution in [2.45, 2.75) is 25.9 Å². The van der Waals surface area contributed by atoms with Crippen molar-refractivity contribution in [1.29, 1.82) is 0 Å². The summed E-state index contributed by atoms with van der Waals surface area (Å²) in [6.45, 7) is 3.54. The van der Waals surface area contributed by atoms with Gasteiger partial charge in [0.2, 0.25) is 0 Å². The summed E-state index contributed by atoms with van der Waals surface area (Å²) in [7, 11) is 0. The molecule has 0 bridgehead atoms. The third kappa shape index (κ3) is 3.01. The van der Waals surface area contributed by atoms with Crippen LogP contribution < -0.4 is 10.1 Å². The van der Waals surface area contributed by atoms with E-state index in [-0.39, 0.29) is 0 Å². The summed E-state index contributed by atoms with van der Waals surface area (Å²) < 4.78 is 5.31. The van der Waals surface area contributed by atoms with Gasteiger partial charge in [0.05, 0.1) is 0 Å². The molecule has 1 N–H and O–H groups in total. The van der Waals surface area contributed by atoms with Crippen molar-refractivity contribution < 1.29 is 4.74 Å². The van der Waals surface area contributed by atoms with Crippen LogP contribution in [0.5, 0.6) is 5.75 Å². The van der Waals surface area contributed by atoms with Crippen LogP contribution in [0.2, 0.25) is 0 Å². The normalized spacial score (nSPS) is 22.5. The fraction of sp³-hybridized carbons (Fsp3) is 0.429. The van der Waals surface area contributed by atoms with Crippen LogP contribution in [-0.2, 0) is 6.54 Å². The molecule has 1 aromatic rings. The van der Waals surface area contributed by atoms with Gasteiger partial charge in [-0.25, -0.2) is 0 Å². The van der Waals surface area contributed by atoms with Gasteiger partial charge in [-0.15, -0.1) is 6.42 Å². The fourth-order valence-corrected chi connectivity index (χ4v) is 1.68. The number of rotatable bonds is 5. The SMILES string of the molecule is C#CCOc1ccc(CNC2CC2C)cc1. The highest BCUT2D eigenvalue weighted by molar-refractivity contribution is 5.27. The number of ether oxygens (including phenoxy) is 1. The summed E-state index contributed by atoms with van der Waals surface area (Å²) in [4.78, 5) is 0. The van der Waals surface area contributed by atoms with E-state index in [2.05, 4.69) is 30.3 Å². The van der Waals surface area contributed by atoms with E-state index in [1.54, 1.807) is 0 Å². The maximum Gasteiger partial charge on any atom is 0.148 e. The van der Waals surface area contributed by atoms with Gasteiger partial charge < -0.3 is 10.1 Å². The van der Waals surface area contributed by atoms with Crippen LogP contribution in [0.4, 0.5) is 0 Å². The highest BCUT2D eigenvalue weighted by Crippen LogP contribution is 2.29. The predicted octanol–water partition coefficient (Wildman–Crippen LogP) is 2.20. The van der Waals surface area contributed by atoms with Gasteiger partial charge in [-0.2, -0.15) is 0 Å². The first-order chi connectivity index (χ1) is 7.79. The lowest BCUT2D eigenvalue weighted by molar-refractivity contribution is 0.370. The molecule has 1 aliphatic carbocycles. The van der Waals surface area contributed by atoms with E-state index in [4.69, 9.17) is 11.2 Å². The van der Waals surface area contributed by atoms with Crippen molar-refractivity contribution in [2.75, 3.05) is 6.61 Å². The number of terminal acetylenes is 1. The Bertz CT molecular complexity index is 377. The second-order valence-electron chi connectivity index (χ2n) is 4.34. The molecule has 0 heterocycles. The average molecular weight is 215 g/mol. The summed E-state index contributed by atoms with van der Waals surface area (Å²) in [6, 6.07) is 8.80. The smallest absolute Gasteiger partial charge is 0.148 e. The standard InChI is InChI=1S/C14H17NO/c1-3-8-16-13-6-4-12(5-7-13)10-15-14-9-11(14)2/h1,4-7,11,14-15H,8-10H2,2H3. The summed E-state index contributed by atoms with van der Waals surface area (Å²) in [5, 5.41) is 3.51. The van der Waals surface area contributed by atoms with E-state index in [9.17, 15) is 0 Å². The first-order valence-corrected chi connectivity index (χ1v) is 5.68. The molecule has 0 amide bonds. The summed E-state index contributed by atoms with van der Waals surface area (Å²) >= 11 is 0. The van der Waals surface area contributed by atoms with Gasteiger partial charge in [0, 0.05) is 12.6 Å². The first kappa shape index (κ1) is 11.0. The zero-order valence-electron chi connectivity index (χ0n) is 9.57. The van der Waals surface area contributed by atoms with Crippen LogP contribution in [0.15, 0.2) is 24.3 Å². The molecule has 1 saturated carbocycles. The van der Waals surface area contributed by atoms with E-state index in [0.717, 1.165) is 24.3 Å². The molecule has 0 radical (unpaired) electrons. The lowest BCUT2D eigenvalue weighted by Gasteiger charge is -2.05. The second-order valence-corrected chi connectivity index (χ2v) is 4.34. The largest absolute Gasteiger partial charge is 0.481 e. The maximum absolute atomic E-state index is 5.31. The molecule has 1 aliphatic rings. The predicted molar refractivity (Wildman–Crippen MR) is 65.2 cm³/mol. The van der Waals surface area contributed by atoms with Crippen molar-refractivity contribution in [3.05, 3.63) is 29.8 Å². The quantitative estimate of drug-likeness (QED) is 0.760. The Kier molecular flexibility index (Phi) is 3.48. The fourth-order valence-electron chi connectivity index (χ4n) is 1.68. The van der Waals surface area contributed by atoms with Gasteiger partial charge in [-0.05, 0) is 30.0 Å². The first-order valence-electron chi connectivity index (χ1n) is 5.68. The minimum absolute atomic E-state index is 0.331. The number of benzene rings is 1. The van der Waals surface area contributed by atoms with Crippen molar-refractivity contribution >= 4 is 0 Å². The van der Waals surface area contributed by atoms with Crippen molar-refractivity contribution in [2.24, 2.45) is 5.92 Å². The molecule has 2 unspecified atom stereocenters. The number of nitrogens with one attached hydrogen (secondary N) is 1. The molecule has 0 aromatic heterocycles. The average Bonchev–Trinajstić information content (AvgIpc) is 3.01. The van der Waals surface area contributed by atoms with Crippen LogP contribution in [-0.4, -0.2) is 12.6 Å². The van der Waals surface area contributed by atoms with Gasteiger partial charge >= 0.3 is 0 Å². The van der Waals surface area contributed by atoms with Gasteiger partial charge in [0.1, 0.15) is 12.4 Å². The molecule has 84 valence electrons. The van der Waals surface area contributed by atoms with E-state index in [1.165, 1.54) is 12.0 Å². The summed E-state index contributed by atoms with van der Waals surface area (Å²) in [5.74, 6) is 4.13. The van der Waals surface area contributed by atoms with Crippen molar-refractivity contribution in [3.8, 4) is 18.1 Å². The van der Waals surface area contributed by atoms with Gasteiger partial charge in [0.25, 0.3) is 0 Å². The number of hydrogen-bond acceptors (Lipinski definition) is 2. The third-order valence-electron chi connectivity index (χ3n) is 2.92. The van der Waals surface area contributed by atoms with Crippen LogP contribution in [0.3, 0.4) is 0 Å². The Morgan fingerprint density at radius 3 is 2.69 bits per heavy atom. The summed E-state index contributed by atoms with van der Waals surface area (Å²) in [5.41, 5.74) is 1.28. The molecule has 0 saturated heterocycles. The van der Waals surface area contributed by atoms with E-state index >= 15 is 0 Å². The Labute approximate surface area is 97.0 Å². The van der Waals surface area contributed by atoms with E-state index < -0.39 is 0 Å². The van der Waals surface area contributed by atoms with E-state index in [0.29, 0.717) is 6.61 Å². The topological polar surface area (TPSA) is 21.3 Å². The van der Waals surface area contributed by atoms with Gasteiger partial charge in [-0.3, -0.25) is 0 Å². The summed E-state index contributed by atoms with van der Waals surface area (Å²) in [6.07, 6.45) is 6.43. The minimum atomic E-state index is 0.331. The molecule has 2 heteroatoms. The Morgan fingerprint density at radius 2 is 2.12 bits per heavy atom. The Morgan fingerprint density at radius 1 is 1.44 bits per heavy atom. The highest BCUT2D eigenvalue weighted by Gasteiger charge is 2.31. The third-order valence-corrected chi connectivity index (χ3v) is 2.92. The van der Waals surface area contributed by atoms with E-state index in [1.807, 2.05) is 12.1 Å². The molecule has 0 spiro atoms. The highest BCUT2D eigenvalue weighted by atomic mass is 16.5. The van der Waals surface area contributed by atoms with Crippen molar-refractivity contribution in [3.63, 3.8) is 0 Å². The molecule has 16 heavy (non-hydrogen) atoms. The number of hydrogen-bond donors (Lipinski definition) is 1. The van der Waals surface area contributed by atoms with Gasteiger partial charge in [0.15, 0.2) is 0 Å². The lowest BCUT2D eigenvalue weighted by Crippen LogP contribution is -2.16. The molecule has 1 fully saturated rings. The van der Waals surface area contributed by atoms with Crippen molar-refractivity contribution in [1.82, 2.24) is 5.32 Å². The maximum atomic E-state index is 5.31. The van der Waals surface area contributed by atoms with Crippen LogP contribution in [0.25, 0.3) is 0 Å². The van der Waals surface area contributed by atoms with Crippen LogP contribution >= 0.6 is 0 Å². The van der Waals surface area contributed by atoms with Crippen LogP contribution in [0, 0.1) is 18.3 Å². The lowest BCUT2D eigenvalue weighted by atomic mass is 10.2. The molecular formula is C14H17NO. The second kappa shape index (κ2) is 5.05. The molecule has 2 nitrogen and oxygen atoms in total. The zero-order valence-corrected chi connectivity index (χ0v) is 9.57.